The van der Waals surface area contributed by atoms with E-state index in [4.69, 9.17) is 5.73 Å². The molecule has 0 bridgehead atoms. The molecular weight excluding hydrogens is 258 g/mol. The lowest BCUT2D eigenvalue weighted by molar-refractivity contribution is 0.351. The molecule has 0 spiro atoms. The van der Waals surface area contributed by atoms with Gasteiger partial charge in [0, 0.05) is 36.0 Å². The van der Waals surface area contributed by atoms with Crippen LogP contribution in [-0.4, -0.2) is 18.1 Å². The van der Waals surface area contributed by atoms with E-state index in [1.165, 1.54) is 30.3 Å². The van der Waals surface area contributed by atoms with E-state index < -0.39 is 0 Å². The Labute approximate surface area is 127 Å². The van der Waals surface area contributed by atoms with E-state index in [0.29, 0.717) is 0 Å². The van der Waals surface area contributed by atoms with E-state index in [1.54, 1.807) is 0 Å². The van der Waals surface area contributed by atoms with Crippen LogP contribution in [0.2, 0.25) is 0 Å². The van der Waals surface area contributed by atoms with Gasteiger partial charge in [-0.25, -0.2) is 0 Å². The Kier molecular flexibility index (Phi) is 4.00. The Morgan fingerprint density at radius 1 is 1.19 bits per heavy atom. The van der Waals surface area contributed by atoms with Crippen LogP contribution >= 0.6 is 0 Å². The van der Waals surface area contributed by atoms with Gasteiger partial charge in [0.25, 0.3) is 0 Å². The van der Waals surface area contributed by atoms with Crippen LogP contribution in [-0.2, 0) is 0 Å². The van der Waals surface area contributed by atoms with Crippen LogP contribution in [0.5, 0.6) is 0 Å². The quantitative estimate of drug-likeness (QED) is 0.844. The number of hydrogen-bond acceptors (Lipinski definition) is 3. The van der Waals surface area contributed by atoms with Crippen molar-refractivity contribution in [1.82, 2.24) is 4.98 Å². The van der Waals surface area contributed by atoms with Gasteiger partial charge in [0.1, 0.15) is 0 Å². The molecule has 1 aliphatic heterocycles. The first-order valence-corrected chi connectivity index (χ1v) is 8.04. The molecule has 1 aromatic heterocycles. The van der Waals surface area contributed by atoms with Gasteiger partial charge in [0.2, 0.25) is 0 Å². The third-order valence-electron chi connectivity index (χ3n) is 4.80. The second kappa shape index (κ2) is 5.92. The van der Waals surface area contributed by atoms with E-state index in [0.717, 1.165) is 36.1 Å². The van der Waals surface area contributed by atoms with Crippen molar-refractivity contribution >= 4 is 22.3 Å². The lowest BCUT2D eigenvalue weighted by Crippen LogP contribution is -2.24. The monoisotopic (exact) mass is 283 g/mol. The first-order valence-electron chi connectivity index (χ1n) is 8.04. The largest absolute Gasteiger partial charge is 0.399 e. The molecule has 1 atom stereocenters. The van der Waals surface area contributed by atoms with Crippen LogP contribution in [0.1, 0.15) is 33.1 Å². The summed E-state index contributed by atoms with van der Waals surface area (Å²) >= 11 is 0. The molecule has 21 heavy (non-hydrogen) atoms. The minimum absolute atomic E-state index is 0.780. The third-order valence-corrected chi connectivity index (χ3v) is 4.80. The summed E-state index contributed by atoms with van der Waals surface area (Å²) in [5, 5.41) is 1.22. The van der Waals surface area contributed by atoms with E-state index in [9.17, 15) is 0 Å². The summed E-state index contributed by atoms with van der Waals surface area (Å²) in [6.07, 6.45) is 5.82. The van der Waals surface area contributed by atoms with Gasteiger partial charge in [0.05, 0.1) is 5.52 Å². The molecule has 3 nitrogen and oxygen atoms in total. The van der Waals surface area contributed by atoms with Crippen molar-refractivity contribution in [2.45, 2.75) is 33.1 Å². The van der Waals surface area contributed by atoms with Crippen LogP contribution in [0.15, 0.2) is 30.5 Å². The number of nitrogens with two attached hydrogens (primary N) is 1. The summed E-state index contributed by atoms with van der Waals surface area (Å²) < 4.78 is 0. The van der Waals surface area contributed by atoms with Crippen LogP contribution in [0, 0.1) is 11.8 Å². The number of pyridine rings is 1. The molecule has 1 unspecified atom stereocenters. The van der Waals surface area contributed by atoms with Gasteiger partial charge in [-0.1, -0.05) is 13.8 Å². The minimum atomic E-state index is 0.780. The van der Waals surface area contributed by atoms with Gasteiger partial charge >= 0.3 is 0 Å². The van der Waals surface area contributed by atoms with Crippen molar-refractivity contribution in [3.8, 4) is 0 Å². The van der Waals surface area contributed by atoms with Crippen molar-refractivity contribution in [1.29, 1.82) is 0 Å². The van der Waals surface area contributed by atoms with Gasteiger partial charge < -0.3 is 10.6 Å². The number of anilines is 2. The number of nitrogens with zero attached hydrogens (tertiary/aromatic N) is 2. The third kappa shape index (κ3) is 2.97. The number of nitrogen functional groups attached to an aromatic ring is 1. The molecule has 2 heterocycles. The van der Waals surface area contributed by atoms with Crippen molar-refractivity contribution < 1.29 is 0 Å². The van der Waals surface area contributed by atoms with Crippen LogP contribution in [0.4, 0.5) is 11.4 Å². The summed E-state index contributed by atoms with van der Waals surface area (Å²) in [4.78, 5) is 6.99. The molecule has 3 rings (SSSR count). The highest BCUT2D eigenvalue weighted by Crippen LogP contribution is 2.31. The molecule has 0 aliphatic carbocycles. The Hall–Kier alpha value is -1.77. The van der Waals surface area contributed by atoms with Gasteiger partial charge in [-0.3, -0.25) is 4.98 Å². The summed E-state index contributed by atoms with van der Waals surface area (Å²) in [7, 11) is 0. The minimum Gasteiger partial charge on any atom is -0.399 e. The maximum atomic E-state index is 5.88. The average Bonchev–Trinajstić information content (AvgIpc) is 2.72. The predicted molar refractivity (Wildman–Crippen MR) is 90.5 cm³/mol. The topological polar surface area (TPSA) is 42.2 Å². The Bertz CT molecular complexity index is 621. The smallest absolute Gasteiger partial charge is 0.0743 e. The van der Waals surface area contributed by atoms with Gasteiger partial charge in [-0.05, 0) is 55.4 Å². The summed E-state index contributed by atoms with van der Waals surface area (Å²) in [6.45, 7) is 6.99. The normalized spacial score (nSPS) is 20.0. The Morgan fingerprint density at radius 2 is 2.05 bits per heavy atom. The van der Waals surface area contributed by atoms with Crippen LogP contribution in [0.25, 0.3) is 10.9 Å². The lowest BCUT2D eigenvalue weighted by Gasteiger charge is -2.25. The molecule has 3 heteroatoms. The van der Waals surface area contributed by atoms with Crippen LogP contribution < -0.4 is 10.6 Å². The molecule has 0 radical (unpaired) electrons. The molecule has 1 aliphatic rings. The number of benzene rings is 1. The van der Waals surface area contributed by atoms with Gasteiger partial charge in [0.15, 0.2) is 0 Å². The predicted octanol–water partition coefficient (Wildman–Crippen LogP) is 4.08. The fraction of sp³-hybridized carbons (Fsp3) is 0.500. The highest BCUT2D eigenvalue weighted by molar-refractivity contribution is 5.93. The molecule has 0 saturated carbocycles. The number of aromatic nitrogens is 1. The van der Waals surface area contributed by atoms with Crippen molar-refractivity contribution in [2.75, 3.05) is 23.7 Å². The molecule has 1 aromatic carbocycles. The van der Waals surface area contributed by atoms with E-state index in [-0.39, 0.29) is 0 Å². The Balaban J connectivity index is 1.90. The lowest BCUT2D eigenvalue weighted by atomic mass is 9.89. The van der Waals surface area contributed by atoms with Crippen LogP contribution in [0.3, 0.4) is 0 Å². The molecule has 2 aromatic rings. The summed E-state index contributed by atoms with van der Waals surface area (Å²) in [5.41, 5.74) is 8.96. The second-order valence-electron chi connectivity index (χ2n) is 6.53. The van der Waals surface area contributed by atoms with Gasteiger partial charge in [-0.15, -0.1) is 0 Å². The number of rotatable bonds is 2. The van der Waals surface area contributed by atoms with E-state index in [2.05, 4.69) is 35.9 Å². The first-order chi connectivity index (χ1) is 10.1. The fourth-order valence-electron chi connectivity index (χ4n) is 3.46. The first kappa shape index (κ1) is 14.2. The molecule has 2 N–H and O–H groups in total. The fourth-order valence-corrected chi connectivity index (χ4v) is 3.46. The zero-order valence-electron chi connectivity index (χ0n) is 13.0. The molecule has 112 valence electrons. The highest BCUT2D eigenvalue weighted by atomic mass is 15.1. The van der Waals surface area contributed by atoms with Crippen molar-refractivity contribution in [3.05, 3.63) is 30.5 Å². The maximum Gasteiger partial charge on any atom is 0.0743 e. The molecule has 1 saturated heterocycles. The Morgan fingerprint density at radius 3 is 2.86 bits per heavy atom. The van der Waals surface area contributed by atoms with Crippen molar-refractivity contribution in [2.24, 2.45) is 11.8 Å². The second-order valence-corrected chi connectivity index (χ2v) is 6.53. The molecular formula is C18H25N3. The van der Waals surface area contributed by atoms with Gasteiger partial charge in [-0.2, -0.15) is 0 Å². The van der Waals surface area contributed by atoms with Crippen molar-refractivity contribution in [3.63, 3.8) is 0 Å². The zero-order chi connectivity index (χ0) is 14.8. The van der Waals surface area contributed by atoms with E-state index in [1.807, 2.05) is 18.3 Å². The number of hydrogen-bond donors (Lipinski definition) is 1. The molecule has 0 amide bonds. The zero-order valence-corrected chi connectivity index (χ0v) is 13.0. The maximum absolute atomic E-state index is 5.88. The number of fused-ring (bicyclic) bond motifs is 1. The summed E-state index contributed by atoms with van der Waals surface area (Å²) in [6, 6.07) is 8.20. The SMILES string of the molecule is CC(C)C1CCCN(c2ccnc3cc(N)ccc23)CC1. The highest BCUT2D eigenvalue weighted by Gasteiger charge is 2.20. The average molecular weight is 283 g/mol. The standard InChI is InChI=1S/C18H25N3/c1-13(2)14-4-3-10-21(11-8-14)18-7-9-20-17-12-15(19)5-6-16(17)18/h5-7,9,12-14H,3-4,8,10-11,19H2,1-2H3. The summed E-state index contributed by atoms with van der Waals surface area (Å²) in [5.74, 6) is 1.65. The molecule has 1 fully saturated rings. The van der Waals surface area contributed by atoms with E-state index >= 15 is 0 Å².